The molecule has 0 amide bonds. The molecule has 1 fully saturated rings. The molecule has 2 N–H and O–H groups in total. The summed E-state index contributed by atoms with van der Waals surface area (Å²) in [7, 11) is 0. The molecule has 0 saturated carbocycles. The Labute approximate surface area is 109 Å². The van der Waals surface area contributed by atoms with Crippen LogP contribution >= 0.6 is 0 Å². The van der Waals surface area contributed by atoms with Crippen molar-refractivity contribution in [2.75, 3.05) is 31.6 Å². The highest BCUT2D eigenvalue weighted by atomic mass is 16.5. The van der Waals surface area contributed by atoms with E-state index in [4.69, 9.17) is 4.74 Å². The summed E-state index contributed by atoms with van der Waals surface area (Å²) in [4.78, 5) is 0. The third-order valence-corrected chi connectivity index (χ3v) is 3.96. The third-order valence-electron chi connectivity index (χ3n) is 3.96. The third kappa shape index (κ3) is 2.78. The number of hydrogen-bond acceptors (Lipinski definition) is 3. The molecule has 0 aromatic heterocycles. The van der Waals surface area contributed by atoms with Crippen molar-refractivity contribution in [3.05, 3.63) is 23.8 Å². The molecule has 0 unspecified atom stereocenters. The Bertz CT molecular complexity index is 399. The SMILES string of the molecule is c1cc2c(cc1OCC1CCNCC1)NCCC2. The lowest BCUT2D eigenvalue weighted by molar-refractivity contribution is 0.215. The van der Waals surface area contributed by atoms with Crippen LogP contribution in [0.25, 0.3) is 0 Å². The number of nitrogens with one attached hydrogen (secondary N) is 2. The van der Waals surface area contributed by atoms with E-state index in [1.54, 1.807) is 0 Å². The summed E-state index contributed by atoms with van der Waals surface area (Å²) < 4.78 is 5.94. The Hall–Kier alpha value is -1.22. The first-order chi connectivity index (χ1) is 8.92. The fraction of sp³-hybridized carbons (Fsp3) is 0.600. The van der Waals surface area contributed by atoms with Crippen LogP contribution in [0.2, 0.25) is 0 Å². The van der Waals surface area contributed by atoms with Crippen molar-refractivity contribution < 1.29 is 4.74 Å². The highest BCUT2D eigenvalue weighted by molar-refractivity contribution is 5.56. The number of benzene rings is 1. The maximum Gasteiger partial charge on any atom is 0.121 e. The van der Waals surface area contributed by atoms with Crippen molar-refractivity contribution in [3.63, 3.8) is 0 Å². The van der Waals surface area contributed by atoms with Crippen LogP contribution in [-0.2, 0) is 6.42 Å². The van der Waals surface area contributed by atoms with Gasteiger partial charge in [-0.3, -0.25) is 0 Å². The van der Waals surface area contributed by atoms with Crippen LogP contribution in [0.1, 0.15) is 24.8 Å². The van der Waals surface area contributed by atoms with Crippen molar-refractivity contribution in [2.24, 2.45) is 5.92 Å². The van der Waals surface area contributed by atoms with Crippen molar-refractivity contribution >= 4 is 5.69 Å². The van der Waals surface area contributed by atoms with Gasteiger partial charge in [0, 0.05) is 18.3 Å². The van der Waals surface area contributed by atoms with Gasteiger partial charge in [-0.15, -0.1) is 0 Å². The zero-order chi connectivity index (χ0) is 12.2. The molecule has 0 aliphatic carbocycles. The van der Waals surface area contributed by atoms with Gasteiger partial charge < -0.3 is 15.4 Å². The molecule has 98 valence electrons. The minimum absolute atomic E-state index is 0.718. The average molecular weight is 246 g/mol. The van der Waals surface area contributed by atoms with Crippen molar-refractivity contribution in [3.8, 4) is 5.75 Å². The van der Waals surface area contributed by atoms with E-state index in [1.165, 1.54) is 36.9 Å². The van der Waals surface area contributed by atoms with Gasteiger partial charge in [-0.25, -0.2) is 0 Å². The Morgan fingerprint density at radius 3 is 2.94 bits per heavy atom. The van der Waals surface area contributed by atoms with Crippen LogP contribution in [-0.4, -0.2) is 26.2 Å². The van der Waals surface area contributed by atoms with Crippen molar-refractivity contribution in [1.82, 2.24) is 5.32 Å². The van der Waals surface area contributed by atoms with E-state index in [0.29, 0.717) is 0 Å². The molecule has 3 rings (SSSR count). The number of fused-ring (bicyclic) bond motifs is 1. The van der Waals surface area contributed by atoms with E-state index < -0.39 is 0 Å². The molecule has 1 aromatic carbocycles. The normalized spacial score (nSPS) is 20.0. The molecule has 2 heterocycles. The highest BCUT2D eigenvalue weighted by Crippen LogP contribution is 2.27. The Balaban J connectivity index is 1.58. The minimum Gasteiger partial charge on any atom is -0.493 e. The van der Waals surface area contributed by atoms with Crippen molar-refractivity contribution in [2.45, 2.75) is 25.7 Å². The molecule has 18 heavy (non-hydrogen) atoms. The maximum absolute atomic E-state index is 5.94. The summed E-state index contributed by atoms with van der Waals surface area (Å²) >= 11 is 0. The molecule has 3 nitrogen and oxygen atoms in total. The van der Waals surface area contributed by atoms with E-state index in [2.05, 4.69) is 28.8 Å². The molecular weight excluding hydrogens is 224 g/mol. The van der Waals surface area contributed by atoms with Crippen LogP contribution in [0.15, 0.2) is 18.2 Å². The van der Waals surface area contributed by atoms with Gasteiger partial charge in [-0.05, 0) is 56.3 Å². The van der Waals surface area contributed by atoms with E-state index in [0.717, 1.165) is 37.9 Å². The zero-order valence-corrected chi connectivity index (χ0v) is 10.9. The molecule has 2 aliphatic rings. The summed E-state index contributed by atoms with van der Waals surface area (Å²) in [6, 6.07) is 6.49. The molecule has 1 aromatic rings. The van der Waals surface area contributed by atoms with Gasteiger partial charge in [0.05, 0.1) is 6.61 Å². The summed E-state index contributed by atoms with van der Waals surface area (Å²) in [5.41, 5.74) is 2.69. The molecule has 0 atom stereocenters. The van der Waals surface area contributed by atoms with Gasteiger partial charge in [-0.1, -0.05) is 6.07 Å². The summed E-state index contributed by atoms with van der Waals surface area (Å²) in [6.45, 7) is 4.23. The highest BCUT2D eigenvalue weighted by Gasteiger charge is 2.14. The maximum atomic E-state index is 5.94. The zero-order valence-electron chi connectivity index (χ0n) is 10.9. The number of rotatable bonds is 3. The second-order valence-electron chi connectivity index (χ2n) is 5.35. The fourth-order valence-electron chi connectivity index (χ4n) is 2.79. The molecule has 2 aliphatic heterocycles. The van der Waals surface area contributed by atoms with E-state index >= 15 is 0 Å². The van der Waals surface area contributed by atoms with Crippen LogP contribution in [0.4, 0.5) is 5.69 Å². The minimum atomic E-state index is 0.718. The number of aryl methyl sites for hydroxylation is 1. The number of ether oxygens (including phenoxy) is 1. The predicted octanol–water partition coefficient (Wildman–Crippen LogP) is 2.42. The number of hydrogen-bond donors (Lipinski definition) is 2. The first-order valence-electron chi connectivity index (χ1n) is 7.12. The van der Waals surface area contributed by atoms with Crippen LogP contribution in [0, 0.1) is 5.92 Å². The first kappa shape index (κ1) is 11.8. The quantitative estimate of drug-likeness (QED) is 0.859. The Morgan fingerprint density at radius 1 is 1.17 bits per heavy atom. The topological polar surface area (TPSA) is 33.3 Å². The molecule has 0 spiro atoms. The standard InChI is InChI=1S/C15H22N2O/c1-2-13-3-4-14(10-15(13)17-7-1)18-11-12-5-8-16-9-6-12/h3-4,10,12,16-17H,1-2,5-9,11H2. The van der Waals surface area contributed by atoms with E-state index in [9.17, 15) is 0 Å². The summed E-state index contributed by atoms with van der Waals surface area (Å²) in [5.74, 6) is 1.73. The van der Waals surface area contributed by atoms with E-state index in [1.807, 2.05) is 0 Å². The predicted molar refractivity (Wildman–Crippen MR) is 74.3 cm³/mol. The second-order valence-corrected chi connectivity index (χ2v) is 5.35. The largest absolute Gasteiger partial charge is 0.493 e. The van der Waals surface area contributed by atoms with Crippen LogP contribution in [0.5, 0.6) is 5.75 Å². The van der Waals surface area contributed by atoms with Crippen LogP contribution < -0.4 is 15.4 Å². The van der Waals surface area contributed by atoms with Gasteiger partial charge in [0.25, 0.3) is 0 Å². The fourth-order valence-corrected chi connectivity index (χ4v) is 2.79. The van der Waals surface area contributed by atoms with Gasteiger partial charge in [0.2, 0.25) is 0 Å². The van der Waals surface area contributed by atoms with Crippen molar-refractivity contribution in [1.29, 1.82) is 0 Å². The van der Waals surface area contributed by atoms with Gasteiger partial charge in [0.1, 0.15) is 5.75 Å². The second kappa shape index (κ2) is 5.61. The monoisotopic (exact) mass is 246 g/mol. The van der Waals surface area contributed by atoms with Gasteiger partial charge >= 0.3 is 0 Å². The molecule has 0 radical (unpaired) electrons. The molecule has 3 heteroatoms. The number of piperidine rings is 1. The first-order valence-corrected chi connectivity index (χ1v) is 7.12. The molecule has 0 bridgehead atoms. The summed E-state index contributed by atoms with van der Waals surface area (Å²) in [6.07, 6.45) is 4.91. The molecular formula is C15H22N2O. The smallest absolute Gasteiger partial charge is 0.121 e. The number of anilines is 1. The Kier molecular flexibility index (Phi) is 3.69. The van der Waals surface area contributed by atoms with Gasteiger partial charge in [0.15, 0.2) is 0 Å². The lowest BCUT2D eigenvalue weighted by Gasteiger charge is -2.23. The van der Waals surface area contributed by atoms with Crippen LogP contribution in [0.3, 0.4) is 0 Å². The van der Waals surface area contributed by atoms with E-state index in [-0.39, 0.29) is 0 Å². The average Bonchev–Trinajstić information content (AvgIpc) is 2.46. The lowest BCUT2D eigenvalue weighted by Crippen LogP contribution is -2.30. The molecule has 1 saturated heterocycles. The van der Waals surface area contributed by atoms with Gasteiger partial charge in [-0.2, -0.15) is 0 Å². The Morgan fingerprint density at radius 2 is 2.06 bits per heavy atom. The summed E-state index contributed by atoms with van der Waals surface area (Å²) in [5, 5.41) is 6.84. The lowest BCUT2D eigenvalue weighted by atomic mass is 9.99.